The van der Waals surface area contributed by atoms with Gasteiger partial charge in [0.1, 0.15) is 11.3 Å². The molecule has 1 saturated heterocycles. The van der Waals surface area contributed by atoms with E-state index in [0.29, 0.717) is 12.2 Å². The number of ether oxygens (including phenoxy) is 2. The minimum atomic E-state index is -0.566. The highest BCUT2D eigenvalue weighted by Crippen LogP contribution is 2.35. The van der Waals surface area contributed by atoms with E-state index < -0.39 is 5.97 Å². The van der Waals surface area contributed by atoms with Crippen LogP contribution in [0.15, 0.2) is 36.7 Å². The monoisotopic (exact) mass is 389 g/mol. The Morgan fingerprint density at radius 3 is 2.67 bits per heavy atom. The van der Waals surface area contributed by atoms with Gasteiger partial charge in [0.25, 0.3) is 0 Å². The van der Waals surface area contributed by atoms with Gasteiger partial charge in [-0.25, -0.2) is 9.59 Å². The molecule has 1 fully saturated rings. The lowest BCUT2D eigenvalue weighted by molar-refractivity contribution is 0.0597. The number of halogens is 1. The van der Waals surface area contributed by atoms with Gasteiger partial charge < -0.3 is 19.7 Å². The third kappa shape index (κ3) is 3.98. The lowest BCUT2D eigenvalue weighted by Crippen LogP contribution is -2.34. The largest absolute Gasteiger partial charge is 0.496 e. The molecule has 1 N–H and O–H groups in total. The molecule has 0 saturated carbocycles. The van der Waals surface area contributed by atoms with E-state index in [1.165, 1.54) is 26.4 Å². The van der Waals surface area contributed by atoms with Gasteiger partial charge >= 0.3 is 12.0 Å². The highest BCUT2D eigenvalue weighted by atomic mass is 35.5. The summed E-state index contributed by atoms with van der Waals surface area (Å²) in [5.41, 5.74) is 1.60. The number of pyridine rings is 1. The molecule has 0 bridgehead atoms. The molecule has 1 aromatic heterocycles. The summed E-state index contributed by atoms with van der Waals surface area (Å²) in [6.45, 7) is 0.647. The van der Waals surface area contributed by atoms with Crippen molar-refractivity contribution in [3.8, 4) is 5.75 Å². The van der Waals surface area contributed by atoms with Crippen molar-refractivity contribution in [1.82, 2.24) is 9.88 Å². The molecule has 1 aliphatic rings. The normalized spacial score (nSPS) is 16.1. The van der Waals surface area contributed by atoms with Crippen LogP contribution >= 0.6 is 11.6 Å². The van der Waals surface area contributed by atoms with Gasteiger partial charge in [-0.05, 0) is 36.6 Å². The van der Waals surface area contributed by atoms with Gasteiger partial charge in [0.2, 0.25) is 0 Å². The van der Waals surface area contributed by atoms with E-state index in [9.17, 15) is 9.59 Å². The molecule has 2 heterocycles. The van der Waals surface area contributed by atoms with Crippen molar-refractivity contribution < 1.29 is 19.1 Å². The minimum absolute atomic E-state index is 0.0111. The second-order valence-electron chi connectivity index (χ2n) is 6.09. The van der Waals surface area contributed by atoms with Crippen LogP contribution in [-0.4, -0.2) is 42.6 Å². The van der Waals surface area contributed by atoms with Crippen molar-refractivity contribution in [2.75, 3.05) is 26.1 Å². The lowest BCUT2D eigenvalue weighted by Gasteiger charge is -2.25. The van der Waals surface area contributed by atoms with E-state index >= 15 is 0 Å². The first-order chi connectivity index (χ1) is 13.0. The van der Waals surface area contributed by atoms with Crippen LogP contribution in [0.1, 0.15) is 34.8 Å². The molecule has 142 valence electrons. The van der Waals surface area contributed by atoms with E-state index in [1.54, 1.807) is 17.3 Å². The topological polar surface area (TPSA) is 80.8 Å². The van der Waals surface area contributed by atoms with Gasteiger partial charge in [-0.2, -0.15) is 0 Å². The standard InChI is InChI=1S/C19H20ClN3O4/c1-26-17-11-15(14(20)10-13(17)18(24)27-2)22-19(25)23-9-3-4-16(23)12-5-7-21-8-6-12/h5-8,10-11,16H,3-4,9H2,1-2H3,(H,22,25). The van der Waals surface area contributed by atoms with E-state index in [-0.39, 0.29) is 28.4 Å². The van der Waals surface area contributed by atoms with Crippen LogP contribution in [0.25, 0.3) is 0 Å². The van der Waals surface area contributed by atoms with Crippen LogP contribution in [-0.2, 0) is 4.74 Å². The first-order valence-electron chi connectivity index (χ1n) is 8.48. The zero-order valence-electron chi connectivity index (χ0n) is 15.1. The Morgan fingerprint density at radius 1 is 1.26 bits per heavy atom. The molecule has 1 aromatic carbocycles. The van der Waals surface area contributed by atoms with Crippen LogP contribution in [0.3, 0.4) is 0 Å². The van der Waals surface area contributed by atoms with E-state index in [1.807, 2.05) is 12.1 Å². The van der Waals surface area contributed by atoms with Crippen molar-refractivity contribution in [3.63, 3.8) is 0 Å². The first kappa shape index (κ1) is 19.0. The van der Waals surface area contributed by atoms with Gasteiger partial charge in [-0.3, -0.25) is 4.98 Å². The van der Waals surface area contributed by atoms with Gasteiger partial charge in [-0.1, -0.05) is 11.6 Å². The number of rotatable bonds is 4. The number of likely N-dealkylation sites (tertiary alicyclic amines) is 1. The summed E-state index contributed by atoms with van der Waals surface area (Å²) < 4.78 is 9.95. The smallest absolute Gasteiger partial charge is 0.341 e. The molecule has 0 aliphatic carbocycles. The van der Waals surface area contributed by atoms with Crippen LogP contribution in [0, 0.1) is 0 Å². The number of hydrogen-bond acceptors (Lipinski definition) is 5. The Hall–Kier alpha value is -2.80. The van der Waals surface area contributed by atoms with Crippen LogP contribution in [0.5, 0.6) is 5.75 Å². The number of anilines is 1. The van der Waals surface area contributed by atoms with Gasteiger partial charge in [0, 0.05) is 25.0 Å². The number of benzene rings is 1. The molecule has 0 spiro atoms. The maximum Gasteiger partial charge on any atom is 0.341 e. The summed E-state index contributed by atoms with van der Waals surface area (Å²) in [5, 5.41) is 3.04. The molecular formula is C19H20ClN3O4. The zero-order chi connectivity index (χ0) is 19.4. The van der Waals surface area contributed by atoms with Crippen molar-refractivity contribution in [3.05, 3.63) is 52.8 Å². The van der Waals surface area contributed by atoms with E-state index in [0.717, 1.165) is 18.4 Å². The highest BCUT2D eigenvalue weighted by Gasteiger charge is 2.30. The molecule has 3 rings (SSSR count). The summed E-state index contributed by atoms with van der Waals surface area (Å²) in [6.07, 6.45) is 5.24. The molecule has 1 aliphatic heterocycles. The first-order valence-corrected chi connectivity index (χ1v) is 8.86. The number of nitrogens with zero attached hydrogens (tertiary/aromatic N) is 2. The average Bonchev–Trinajstić information content (AvgIpc) is 3.19. The Labute approximate surface area is 162 Å². The molecule has 1 atom stereocenters. The highest BCUT2D eigenvalue weighted by molar-refractivity contribution is 6.34. The Balaban J connectivity index is 1.82. The minimum Gasteiger partial charge on any atom is -0.496 e. The summed E-state index contributed by atoms with van der Waals surface area (Å²) in [7, 11) is 2.71. The zero-order valence-corrected chi connectivity index (χ0v) is 15.8. The van der Waals surface area contributed by atoms with Crippen LogP contribution in [0.4, 0.5) is 10.5 Å². The Kier molecular flexibility index (Phi) is 5.81. The quantitative estimate of drug-likeness (QED) is 0.802. The van der Waals surface area contributed by atoms with Crippen molar-refractivity contribution in [1.29, 1.82) is 0 Å². The van der Waals surface area contributed by atoms with Crippen LogP contribution < -0.4 is 10.1 Å². The Bertz CT molecular complexity index is 844. The molecule has 7 nitrogen and oxygen atoms in total. The maximum atomic E-state index is 12.8. The number of aromatic nitrogens is 1. The second-order valence-corrected chi connectivity index (χ2v) is 6.49. The van der Waals surface area contributed by atoms with Crippen molar-refractivity contribution >= 4 is 29.3 Å². The van der Waals surface area contributed by atoms with Crippen molar-refractivity contribution in [2.24, 2.45) is 0 Å². The fraction of sp³-hybridized carbons (Fsp3) is 0.316. The SMILES string of the molecule is COC(=O)c1cc(Cl)c(NC(=O)N2CCCC2c2ccncc2)cc1OC. The lowest BCUT2D eigenvalue weighted by atomic mass is 10.1. The predicted octanol–water partition coefficient (Wildman–Crippen LogP) is 3.90. The number of methoxy groups -OCH3 is 2. The number of amides is 2. The van der Waals surface area contributed by atoms with Crippen molar-refractivity contribution in [2.45, 2.75) is 18.9 Å². The molecule has 2 aromatic rings. The number of carbonyl (C=O) groups is 2. The fourth-order valence-corrected chi connectivity index (χ4v) is 3.43. The fourth-order valence-electron chi connectivity index (χ4n) is 3.22. The van der Waals surface area contributed by atoms with Crippen LogP contribution in [0.2, 0.25) is 5.02 Å². The number of hydrogen-bond donors (Lipinski definition) is 1. The number of carbonyl (C=O) groups excluding carboxylic acids is 2. The maximum absolute atomic E-state index is 12.8. The molecule has 8 heteroatoms. The second kappa shape index (κ2) is 8.26. The van der Waals surface area contributed by atoms with Gasteiger partial charge in [0.05, 0.1) is 31.0 Å². The number of esters is 1. The molecule has 2 amide bonds. The molecule has 27 heavy (non-hydrogen) atoms. The third-order valence-electron chi connectivity index (χ3n) is 4.54. The predicted molar refractivity (Wildman–Crippen MR) is 101 cm³/mol. The summed E-state index contributed by atoms with van der Waals surface area (Å²) in [4.78, 5) is 30.5. The van der Waals surface area contributed by atoms with E-state index in [4.69, 9.17) is 21.1 Å². The average molecular weight is 390 g/mol. The number of nitrogens with one attached hydrogen (secondary N) is 1. The summed E-state index contributed by atoms with van der Waals surface area (Å²) >= 11 is 6.26. The molecule has 1 unspecified atom stereocenters. The van der Waals surface area contributed by atoms with Gasteiger partial charge in [0.15, 0.2) is 0 Å². The molecular weight excluding hydrogens is 370 g/mol. The number of urea groups is 1. The van der Waals surface area contributed by atoms with E-state index in [2.05, 4.69) is 10.3 Å². The Morgan fingerprint density at radius 2 is 2.00 bits per heavy atom. The summed E-state index contributed by atoms with van der Waals surface area (Å²) in [6, 6.07) is 6.50. The third-order valence-corrected chi connectivity index (χ3v) is 4.85. The molecule has 0 radical (unpaired) electrons. The summed E-state index contributed by atoms with van der Waals surface area (Å²) in [5.74, 6) is -0.294. The van der Waals surface area contributed by atoms with Gasteiger partial charge in [-0.15, -0.1) is 0 Å².